The van der Waals surface area contributed by atoms with E-state index in [0.717, 1.165) is 12.5 Å². The van der Waals surface area contributed by atoms with Crippen LogP contribution in [0.2, 0.25) is 0 Å². The van der Waals surface area contributed by atoms with Crippen molar-refractivity contribution in [1.82, 2.24) is 0 Å². The van der Waals surface area contributed by atoms with Crippen LogP contribution in [0.4, 0.5) is 0 Å². The Bertz CT molecular complexity index is 265. The third kappa shape index (κ3) is 1.70. The molecule has 1 aliphatic heterocycles. The van der Waals surface area contributed by atoms with Crippen molar-refractivity contribution in [3.05, 3.63) is 11.6 Å². The summed E-state index contributed by atoms with van der Waals surface area (Å²) in [7, 11) is 0. The highest BCUT2D eigenvalue weighted by Crippen LogP contribution is 2.39. The third-order valence-electron chi connectivity index (χ3n) is 3.41. The molecule has 72 valence electrons. The van der Waals surface area contributed by atoms with E-state index in [1.165, 1.54) is 25.0 Å². The molecule has 1 nitrogen and oxygen atoms in total. The molecule has 1 atom stereocenters. The van der Waals surface area contributed by atoms with Crippen molar-refractivity contribution in [3.8, 4) is 0 Å². The summed E-state index contributed by atoms with van der Waals surface area (Å²) < 4.78 is 0. The Morgan fingerprint density at radius 3 is 2.85 bits per heavy atom. The number of allylic oxidation sites excluding steroid dienone is 1. The van der Waals surface area contributed by atoms with Crippen LogP contribution in [0.5, 0.6) is 0 Å². The van der Waals surface area contributed by atoms with Crippen LogP contribution < -0.4 is 0 Å². The maximum atomic E-state index is 4.50. The first-order chi connectivity index (χ1) is 6.07. The van der Waals surface area contributed by atoms with Gasteiger partial charge in [0, 0.05) is 5.71 Å². The number of nitrogens with zero attached hydrogens (tertiary/aromatic N) is 1. The maximum Gasteiger partial charge on any atom is 0.0580 e. The molecule has 0 bridgehead atoms. The molecule has 1 heteroatoms. The molecular weight excluding hydrogens is 158 g/mol. The third-order valence-corrected chi connectivity index (χ3v) is 3.41. The summed E-state index contributed by atoms with van der Waals surface area (Å²) in [6.45, 7) is 8.02. The minimum absolute atomic E-state index is 0.467. The minimum atomic E-state index is 0.467. The second kappa shape index (κ2) is 2.97. The van der Waals surface area contributed by atoms with E-state index in [1.807, 2.05) is 0 Å². The molecule has 1 saturated carbocycles. The Balaban J connectivity index is 2.10. The topological polar surface area (TPSA) is 12.4 Å². The zero-order valence-corrected chi connectivity index (χ0v) is 8.93. The molecule has 0 spiro atoms. The van der Waals surface area contributed by atoms with Crippen molar-refractivity contribution in [3.63, 3.8) is 0 Å². The fourth-order valence-corrected chi connectivity index (χ4v) is 2.34. The van der Waals surface area contributed by atoms with Crippen molar-refractivity contribution in [2.45, 2.75) is 40.0 Å². The molecule has 0 N–H and O–H groups in total. The van der Waals surface area contributed by atoms with Gasteiger partial charge in [0.25, 0.3) is 0 Å². The molecule has 0 aromatic heterocycles. The van der Waals surface area contributed by atoms with Crippen molar-refractivity contribution in [2.75, 3.05) is 6.54 Å². The Labute approximate surface area is 80.9 Å². The lowest BCUT2D eigenvalue weighted by atomic mass is 9.70. The zero-order valence-electron chi connectivity index (χ0n) is 8.93. The van der Waals surface area contributed by atoms with Gasteiger partial charge in [-0.2, -0.15) is 0 Å². The number of hydrogen-bond donors (Lipinski definition) is 0. The highest BCUT2D eigenvalue weighted by molar-refractivity contribution is 6.02. The van der Waals surface area contributed by atoms with Gasteiger partial charge < -0.3 is 0 Å². The Hall–Kier alpha value is -0.590. The van der Waals surface area contributed by atoms with Gasteiger partial charge in [-0.05, 0) is 36.2 Å². The highest BCUT2D eigenvalue weighted by Gasteiger charge is 2.31. The van der Waals surface area contributed by atoms with Crippen molar-refractivity contribution >= 4 is 5.71 Å². The molecule has 0 amide bonds. The molecule has 0 radical (unpaired) electrons. The summed E-state index contributed by atoms with van der Waals surface area (Å²) in [6, 6.07) is 0. The first-order valence-electron chi connectivity index (χ1n) is 5.30. The maximum absolute atomic E-state index is 4.50. The van der Waals surface area contributed by atoms with E-state index in [1.54, 1.807) is 5.57 Å². The molecule has 0 saturated heterocycles. The van der Waals surface area contributed by atoms with Gasteiger partial charge in [-0.15, -0.1) is 0 Å². The Morgan fingerprint density at radius 1 is 1.38 bits per heavy atom. The second-order valence-corrected chi connectivity index (χ2v) is 5.32. The summed E-state index contributed by atoms with van der Waals surface area (Å²) >= 11 is 0. The molecule has 0 aromatic rings. The summed E-state index contributed by atoms with van der Waals surface area (Å²) in [5.74, 6) is 0.857. The molecule has 1 unspecified atom stereocenters. The van der Waals surface area contributed by atoms with Crippen LogP contribution in [0.1, 0.15) is 40.0 Å². The molecule has 2 rings (SSSR count). The second-order valence-electron chi connectivity index (χ2n) is 5.32. The zero-order chi connectivity index (χ0) is 9.47. The van der Waals surface area contributed by atoms with Crippen LogP contribution in [0.25, 0.3) is 0 Å². The molecule has 13 heavy (non-hydrogen) atoms. The van der Waals surface area contributed by atoms with E-state index in [9.17, 15) is 0 Å². The van der Waals surface area contributed by atoms with Crippen LogP contribution in [0.3, 0.4) is 0 Å². The molecule has 2 aliphatic rings. The lowest BCUT2D eigenvalue weighted by molar-refractivity contribution is 0.223. The van der Waals surface area contributed by atoms with Crippen molar-refractivity contribution < 1.29 is 0 Å². The summed E-state index contributed by atoms with van der Waals surface area (Å²) in [5, 5.41) is 0. The lowest BCUT2D eigenvalue weighted by Gasteiger charge is -2.34. The fourth-order valence-electron chi connectivity index (χ4n) is 2.34. The molecule has 1 aliphatic carbocycles. The largest absolute Gasteiger partial charge is 0.285 e. The SMILES string of the molecule is CC(C)(C)C1CCC2=NCC=C2C1. The molecular formula is C12H19N. The predicted octanol–water partition coefficient (Wildman–Crippen LogP) is 3.21. The number of fused-ring (bicyclic) bond motifs is 1. The number of rotatable bonds is 0. The van der Waals surface area contributed by atoms with Crippen LogP contribution >= 0.6 is 0 Å². The normalized spacial score (nSPS) is 28.1. The summed E-state index contributed by atoms with van der Waals surface area (Å²) in [6.07, 6.45) is 6.13. The molecule has 0 aromatic carbocycles. The van der Waals surface area contributed by atoms with Gasteiger partial charge in [-0.1, -0.05) is 26.8 Å². The summed E-state index contributed by atoms with van der Waals surface area (Å²) in [5.41, 5.74) is 3.42. The van der Waals surface area contributed by atoms with E-state index in [2.05, 4.69) is 31.8 Å². The Kier molecular flexibility index (Phi) is 2.05. The average Bonchev–Trinajstić information content (AvgIpc) is 2.47. The predicted molar refractivity (Wildman–Crippen MR) is 57.2 cm³/mol. The quantitative estimate of drug-likeness (QED) is 0.538. The summed E-state index contributed by atoms with van der Waals surface area (Å²) in [4.78, 5) is 4.50. The van der Waals surface area contributed by atoms with E-state index in [4.69, 9.17) is 0 Å². The fraction of sp³-hybridized carbons (Fsp3) is 0.750. The standard InChI is InChI=1S/C12H19N/c1-12(2,3)10-4-5-11-9(8-10)6-7-13-11/h6,10H,4-5,7-8H2,1-3H3. The lowest BCUT2D eigenvalue weighted by Crippen LogP contribution is -2.26. The Morgan fingerprint density at radius 2 is 2.15 bits per heavy atom. The van der Waals surface area contributed by atoms with E-state index in [0.29, 0.717) is 5.41 Å². The van der Waals surface area contributed by atoms with Gasteiger partial charge in [0.15, 0.2) is 0 Å². The molecule has 1 fully saturated rings. The van der Waals surface area contributed by atoms with E-state index in [-0.39, 0.29) is 0 Å². The van der Waals surface area contributed by atoms with E-state index >= 15 is 0 Å². The smallest absolute Gasteiger partial charge is 0.0580 e. The number of hydrogen-bond acceptors (Lipinski definition) is 1. The van der Waals surface area contributed by atoms with Crippen LogP contribution in [-0.4, -0.2) is 12.3 Å². The van der Waals surface area contributed by atoms with Crippen LogP contribution in [0.15, 0.2) is 16.6 Å². The van der Waals surface area contributed by atoms with Gasteiger partial charge in [0.05, 0.1) is 6.54 Å². The highest BCUT2D eigenvalue weighted by atomic mass is 14.8. The number of aliphatic imine (C=N–C) groups is 1. The van der Waals surface area contributed by atoms with Crippen molar-refractivity contribution in [2.24, 2.45) is 16.3 Å². The van der Waals surface area contributed by atoms with Gasteiger partial charge in [-0.3, -0.25) is 4.99 Å². The van der Waals surface area contributed by atoms with Gasteiger partial charge >= 0.3 is 0 Å². The first kappa shape index (κ1) is 8.98. The average molecular weight is 177 g/mol. The van der Waals surface area contributed by atoms with Crippen molar-refractivity contribution in [1.29, 1.82) is 0 Å². The monoisotopic (exact) mass is 177 g/mol. The van der Waals surface area contributed by atoms with Crippen LogP contribution in [-0.2, 0) is 0 Å². The van der Waals surface area contributed by atoms with Gasteiger partial charge in [0.1, 0.15) is 0 Å². The van der Waals surface area contributed by atoms with Gasteiger partial charge in [-0.25, -0.2) is 0 Å². The first-order valence-corrected chi connectivity index (χ1v) is 5.30. The van der Waals surface area contributed by atoms with E-state index < -0.39 is 0 Å². The minimum Gasteiger partial charge on any atom is -0.285 e. The molecule has 1 heterocycles. The van der Waals surface area contributed by atoms with Crippen LogP contribution in [0, 0.1) is 11.3 Å². The van der Waals surface area contributed by atoms with Gasteiger partial charge in [0.2, 0.25) is 0 Å².